The highest BCUT2D eigenvalue weighted by Gasteiger charge is 2.30. The van der Waals surface area contributed by atoms with Crippen molar-refractivity contribution in [2.75, 3.05) is 6.54 Å². The molecule has 1 aliphatic carbocycles. The zero-order valence-corrected chi connectivity index (χ0v) is 20.8. The van der Waals surface area contributed by atoms with Crippen molar-refractivity contribution < 1.29 is 9.59 Å². The smallest absolute Gasteiger partial charge is 0.211 e. The number of ketones is 2. The summed E-state index contributed by atoms with van der Waals surface area (Å²) in [7, 11) is 0. The molecule has 0 atom stereocenters. The second-order valence-electron chi connectivity index (χ2n) is 9.12. The van der Waals surface area contributed by atoms with E-state index in [-0.39, 0.29) is 22.3 Å². The van der Waals surface area contributed by atoms with Crippen LogP contribution in [0.5, 0.6) is 0 Å². The van der Waals surface area contributed by atoms with E-state index in [1.807, 2.05) is 0 Å². The van der Waals surface area contributed by atoms with Crippen LogP contribution in [0.2, 0.25) is 0 Å². The van der Waals surface area contributed by atoms with Crippen molar-refractivity contribution in [1.82, 2.24) is 5.32 Å². The average molecular weight is 460 g/mol. The van der Waals surface area contributed by atoms with Crippen LogP contribution in [0, 0.1) is 0 Å². The summed E-state index contributed by atoms with van der Waals surface area (Å²) in [6.07, 6.45) is 21.3. The van der Waals surface area contributed by atoms with E-state index in [9.17, 15) is 9.59 Å². The molecule has 1 aliphatic rings. The van der Waals surface area contributed by atoms with Gasteiger partial charge in [-0.3, -0.25) is 9.59 Å². The van der Waals surface area contributed by atoms with E-state index in [0.717, 1.165) is 12.8 Å². The third-order valence-electron chi connectivity index (χ3n) is 6.39. The van der Waals surface area contributed by atoms with Crippen molar-refractivity contribution in [3.63, 3.8) is 0 Å². The molecule has 0 bridgehead atoms. The van der Waals surface area contributed by atoms with Crippen LogP contribution in [0.25, 0.3) is 0 Å². The van der Waals surface area contributed by atoms with Crippen molar-refractivity contribution in [2.45, 2.75) is 110 Å². The van der Waals surface area contributed by atoms with Crippen LogP contribution in [0.3, 0.4) is 0 Å². The van der Waals surface area contributed by atoms with E-state index < -0.39 is 0 Å². The molecule has 0 aliphatic heterocycles. The molecule has 0 radical (unpaired) electrons. The number of rotatable bonds is 18. The second kappa shape index (κ2) is 16.1. The monoisotopic (exact) mass is 459 g/mol. The predicted octanol–water partition coefficient (Wildman–Crippen LogP) is 8.37. The lowest BCUT2D eigenvalue weighted by atomic mass is 9.92. The SMILES string of the molecule is CCCCCCCCCCCCCCCCCCNC1=C(Cl)C(=O)c2ccccc2C1=O. The molecule has 178 valence electrons. The van der Waals surface area contributed by atoms with Crippen molar-refractivity contribution in [2.24, 2.45) is 0 Å². The molecule has 3 nitrogen and oxygen atoms in total. The number of allylic oxidation sites excluding steroid dienone is 2. The van der Waals surface area contributed by atoms with E-state index in [4.69, 9.17) is 11.6 Å². The molecule has 0 unspecified atom stereocenters. The fourth-order valence-electron chi connectivity index (χ4n) is 4.39. The van der Waals surface area contributed by atoms with Gasteiger partial charge in [0, 0.05) is 17.7 Å². The van der Waals surface area contributed by atoms with Gasteiger partial charge in [-0.15, -0.1) is 0 Å². The average Bonchev–Trinajstić information content (AvgIpc) is 2.81. The first-order valence-corrected chi connectivity index (χ1v) is 13.4. The number of halogens is 1. The van der Waals surface area contributed by atoms with Crippen LogP contribution in [-0.4, -0.2) is 18.1 Å². The summed E-state index contributed by atoms with van der Waals surface area (Å²) in [4.78, 5) is 25.0. The van der Waals surface area contributed by atoms with Gasteiger partial charge in [0.15, 0.2) is 0 Å². The minimum Gasteiger partial charge on any atom is -0.381 e. The Kier molecular flexibility index (Phi) is 13.4. The normalized spacial score (nSPS) is 13.6. The van der Waals surface area contributed by atoms with Gasteiger partial charge in [0.05, 0.1) is 0 Å². The fraction of sp³-hybridized carbons (Fsp3) is 0.643. The number of Topliss-reactive ketones (excluding diaryl/α,β-unsaturated/α-hetero) is 2. The summed E-state index contributed by atoms with van der Waals surface area (Å²) in [6.45, 7) is 2.95. The number of nitrogens with one attached hydrogen (secondary N) is 1. The van der Waals surface area contributed by atoms with Gasteiger partial charge in [0.25, 0.3) is 0 Å². The van der Waals surface area contributed by atoms with E-state index >= 15 is 0 Å². The van der Waals surface area contributed by atoms with Crippen LogP contribution < -0.4 is 5.32 Å². The first kappa shape index (κ1) is 26.6. The van der Waals surface area contributed by atoms with E-state index in [1.165, 1.54) is 89.9 Å². The maximum Gasteiger partial charge on any atom is 0.211 e. The third-order valence-corrected chi connectivity index (χ3v) is 6.75. The van der Waals surface area contributed by atoms with Crippen molar-refractivity contribution >= 4 is 23.2 Å². The van der Waals surface area contributed by atoms with Gasteiger partial charge in [-0.05, 0) is 6.42 Å². The van der Waals surface area contributed by atoms with Crippen LogP contribution in [-0.2, 0) is 0 Å². The Hall–Kier alpha value is -1.61. The summed E-state index contributed by atoms with van der Waals surface area (Å²) in [5, 5.41) is 3.14. The van der Waals surface area contributed by atoms with Gasteiger partial charge in [-0.1, -0.05) is 139 Å². The highest BCUT2D eigenvalue weighted by atomic mass is 35.5. The molecule has 1 aromatic carbocycles. The number of benzene rings is 1. The molecule has 0 amide bonds. The van der Waals surface area contributed by atoms with Gasteiger partial charge in [0.1, 0.15) is 10.7 Å². The molecule has 0 spiro atoms. The lowest BCUT2D eigenvalue weighted by Crippen LogP contribution is -2.29. The Balaban J connectivity index is 1.44. The minimum atomic E-state index is -0.267. The highest BCUT2D eigenvalue weighted by molar-refractivity contribution is 6.49. The molecule has 0 heterocycles. The third kappa shape index (κ3) is 9.10. The maximum absolute atomic E-state index is 12.6. The van der Waals surface area contributed by atoms with Gasteiger partial charge >= 0.3 is 0 Å². The molecule has 0 saturated heterocycles. The van der Waals surface area contributed by atoms with Crippen molar-refractivity contribution in [3.8, 4) is 0 Å². The Bertz CT molecular complexity index is 741. The molecule has 1 aromatic rings. The number of carbonyl (C=O) groups excluding carboxylic acids is 2. The lowest BCUT2D eigenvalue weighted by Gasteiger charge is -2.18. The number of hydrogen-bond acceptors (Lipinski definition) is 3. The summed E-state index contributed by atoms with van der Waals surface area (Å²) >= 11 is 6.18. The molecule has 4 heteroatoms. The van der Waals surface area contributed by atoms with Crippen molar-refractivity contribution in [3.05, 3.63) is 46.1 Å². The summed E-state index contributed by atoms with van der Waals surface area (Å²) in [5.41, 5.74) is 1.10. The summed E-state index contributed by atoms with van der Waals surface area (Å²) in [5.74, 6) is -0.446. The Morgan fingerprint density at radius 2 is 1.03 bits per heavy atom. The number of carbonyl (C=O) groups is 2. The van der Waals surface area contributed by atoms with Crippen LogP contribution in [0.4, 0.5) is 0 Å². The molecule has 2 rings (SSSR count). The molecular weight excluding hydrogens is 418 g/mol. The van der Waals surface area contributed by atoms with E-state index in [0.29, 0.717) is 17.7 Å². The molecule has 32 heavy (non-hydrogen) atoms. The van der Waals surface area contributed by atoms with Crippen LogP contribution >= 0.6 is 11.6 Å². The highest BCUT2D eigenvalue weighted by Crippen LogP contribution is 2.27. The quantitative estimate of drug-likeness (QED) is 0.224. The summed E-state index contributed by atoms with van der Waals surface area (Å²) < 4.78 is 0. The van der Waals surface area contributed by atoms with Crippen molar-refractivity contribution in [1.29, 1.82) is 0 Å². The predicted molar refractivity (Wildman–Crippen MR) is 136 cm³/mol. The second-order valence-corrected chi connectivity index (χ2v) is 9.50. The molecule has 0 aromatic heterocycles. The molecule has 0 fully saturated rings. The number of hydrogen-bond donors (Lipinski definition) is 1. The van der Waals surface area contributed by atoms with E-state index in [2.05, 4.69) is 12.2 Å². The fourth-order valence-corrected chi connectivity index (χ4v) is 4.64. The maximum atomic E-state index is 12.6. The summed E-state index contributed by atoms with van der Waals surface area (Å²) in [6, 6.07) is 6.87. The van der Waals surface area contributed by atoms with Gasteiger partial charge in [0.2, 0.25) is 11.6 Å². The largest absolute Gasteiger partial charge is 0.381 e. The Labute approximate surface area is 200 Å². The number of fused-ring (bicyclic) bond motifs is 1. The van der Waals surface area contributed by atoms with Gasteiger partial charge in [-0.2, -0.15) is 0 Å². The first-order chi connectivity index (χ1) is 15.7. The number of unbranched alkanes of at least 4 members (excludes halogenated alkanes) is 15. The zero-order chi connectivity index (χ0) is 23.0. The first-order valence-electron chi connectivity index (χ1n) is 13.0. The molecule has 1 N–H and O–H groups in total. The lowest BCUT2D eigenvalue weighted by molar-refractivity contribution is 0.0974. The van der Waals surface area contributed by atoms with E-state index in [1.54, 1.807) is 24.3 Å². The topological polar surface area (TPSA) is 46.2 Å². The zero-order valence-electron chi connectivity index (χ0n) is 20.0. The Morgan fingerprint density at radius 3 is 1.50 bits per heavy atom. The Morgan fingerprint density at radius 1 is 0.625 bits per heavy atom. The van der Waals surface area contributed by atoms with Crippen LogP contribution in [0.15, 0.2) is 35.0 Å². The van der Waals surface area contributed by atoms with Gasteiger partial charge < -0.3 is 5.32 Å². The molecule has 0 saturated carbocycles. The minimum absolute atomic E-state index is 0.0187. The standard InChI is InChI=1S/C28H42ClNO2/c1-2-3-4-5-6-7-8-9-10-11-12-13-14-15-16-19-22-30-26-25(29)27(31)23-20-17-18-21-24(23)28(26)32/h17-18,20-21,30H,2-16,19,22H2,1H3. The van der Waals surface area contributed by atoms with Gasteiger partial charge in [-0.25, -0.2) is 0 Å². The van der Waals surface area contributed by atoms with Crippen LogP contribution in [0.1, 0.15) is 130 Å². The molecular formula is C28H42ClNO2.